The van der Waals surface area contributed by atoms with E-state index in [0.29, 0.717) is 17.8 Å². The molecule has 0 aliphatic heterocycles. The molecule has 1 amide bonds. The Balaban J connectivity index is 1.66. The number of carbonyl (C=O) groups excluding carboxylic acids is 1. The molecule has 1 atom stereocenters. The number of amides is 1. The second-order valence-electron chi connectivity index (χ2n) is 9.79. The third kappa shape index (κ3) is 4.31. The normalized spacial score (nSPS) is 20.1. The summed E-state index contributed by atoms with van der Waals surface area (Å²) >= 11 is 0. The number of hydrogen-bond donors (Lipinski definition) is 3. The summed E-state index contributed by atoms with van der Waals surface area (Å²) in [6, 6.07) is 11.0. The first-order valence-electron chi connectivity index (χ1n) is 11.9. The molecule has 1 aromatic carbocycles. The molecule has 1 saturated carbocycles. The summed E-state index contributed by atoms with van der Waals surface area (Å²) in [7, 11) is 1.83. The molecule has 1 fully saturated rings. The lowest BCUT2D eigenvalue weighted by Gasteiger charge is -2.32. The summed E-state index contributed by atoms with van der Waals surface area (Å²) in [5.74, 6) is 1.04. The number of H-pyrrole nitrogens is 1. The molecule has 5 nitrogen and oxygen atoms in total. The van der Waals surface area contributed by atoms with Crippen molar-refractivity contribution in [1.82, 2.24) is 15.3 Å². The van der Waals surface area contributed by atoms with Crippen LogP contribution in [-0.2, 0) is 4.79 Å². The van der Waals surface area contributed by atoms with E-state index in [1.54, 1.807) is 0 Å². The van der Waals surface area contributed by atoms with Crippen molar-refractivity contribution in [2.45, 2.75) is 71.3 Å². The first-order valence-corrected chi connectivity index (χ1v) is 11.9. The summed E-state index contributed by atoms with van der Waals surface area (Å²) in [5, 5.41) is 4.44. The summed E-state index contributed by atoms with van der Waals surface area (Å²) in [4.78, 5) is 20.0. The van der Waals surface area contributed by atoms with Gasteiger partial charge in [0.25, 0.3) is 0 Å². The largest absolute Gasteiger partial charge is 0.368 e. The molecule has 32 heavy (non-hydrogen) atoms. The number of nitrogens with two attached hydrogens (primary N) is 1. The molecule has 4 N–H and O–H groups in total. The lowest BCUT2D eigenvalue weighted by molar-refractivity contribution is -0.121. The number of aromatic nitrogens is 2. The standard InChI is InChI=1S/C27H36N4O/c1-15(2)24-22-14-20(18-6-8-19(9-7-18)26(29-5)27(28)32)10-11-23(22)31-25(24)21-12-16(3)30-17(4)13-21/h10-15,18-19,26,29,31H,6-9H2,1-5H3,(H2,28,32). The number of hydrogen-bond acceptors (Lipinski definition) is 3. The molecule has 0 saturated heterocycles. The lowest BCUT2D eigenvalue weighted by Crippen LogP contribution is -2.45. The second-order valence-corrected chi connectivity index (χ2v) is 9.79. The third-order valence-corrected chi connectivity index (χ3v) is 7.14. The third-order valence-electron chi connectivity index (χ3n) is 7.14. The van der Waals surface area contributed by atoms with Gasteiger partial charge in [-0.2, -0.15) is 0 Å². The van der Waals surface area contributed by atoms with Crippen molar-refractivity contribution in [2.75, 3.05) is 7.05 Å². The smallest absolute Gasteiger partial charge is 0.234 e. The average molecular weight is 433 g/mol. The van der Waals surface area contributed by atoms with E-state index in [9.17, 15) is 4.79 Å². The highest BCUT2D eigenvalue weighted by Crippen LogP contribution is 2.41. The molecular weight excluding hydrogens is 396 g/mol. The van der Waals surface area contributed by atoms with Crippen LogP contribution >= 0.6 is 0 Å². The lowest BCUT2D eigenvalue weighted by atomic mass is 9.75. The average Bonchev–Trinajstić information content (AvgIpc) is 3.13. The van der Waals surface area contributed by atoms with Crippen LogP contribution in [0, 0.1) is 19.8 Å². The summed E-state index contributed by atoms with van der Waals surface area (Å²) in [6.07, 6.45) is 4.25. The van der Waals surface area contributed by atoms with Crippen LogP contribution in [0.4, 0.5) is 0 Å². The van der Waals surface area contributed by atoms with E-state index in [2.05, 4.69) is 73.3 Å². The summed E-state index contributed by atoms with van der Waals surface area (Å²) in [5.41, 5.74) is 14.1. The minimum Gasteiger partial charge on any atom is -0.368 e. The van der Waals surface area contributed by atoms with Crippen molar-refractivity contribution < 1.29 is 4.79 Å². The van der Waals surface area contributed by atoms with Gasteiger partial charge in [-0.3, -0.25) is 9.78 Å². The van der Waals surface area contributed by atoms with Crippen molar-refractivity contribution in [1.29, 1.82) is 0 Å². The van der Waals surface area contributed by atoms with E-state index in [1.165, 1.54) is 33.3 Å². The zero-order valence-corrected chi connectivity index (χ0v) is 20.0. The quantitative estimate of drug-likeness (QED) is 0.493. The van der Waals surface area contributed by atoms with Crippen molar-refractivity contribution >= 4 is 16.8 Å². The highest BCUT2D eigenvalue weighted by Gasteiger charge is 2.30. The second kappa shape index (κ2) is 9.07. The molecule has 1 unspecified atom stereocenters. The molecule has 0 bridgehead atoms. The highest BCUT2D eigenvalue weighted by atomic mass is 16.1. The fourth-order valence-electron chi connectivity index (χ4n) is 5.69. The Labute approximate surface area is 191 Å². The Morgan fingerprint density at radius 2 is 1.75 bits per heavy atom. The van der Waals surface area contributed by atoms with Crippen LogP contribution < -0.4 is 11.1 Å². The van der Waals surface area contributed by atoms with E-state index >= 15 is 0 Å². The van der Waals surface area contributed by atoms with E-state index in [-0.39, 0.29) is 11.9 Å². The van der Waals surface area contributed by atoms with Crippen LogP contribution in [0.25, 0.3) is 22.2 Å². The molecule has 0 spiro atoms. The molecule has 5 heteroatoms. The van der Waals surface area contributed by atoms with Crippen LogP contribution in [0.3, 0.4) is 0 Å². The number of benzene rings is 1. The molecule has 170 valence electrons. The van der Waals surface area contributed by atoms with Gasteiger partial charge in [0.1, 0.15) is 0 Å². The van der Waals surface area contributed by atoms with Gasteiger partial charge in [0.2, 0.25) is 5.91 Å². The fourth-order valence-corrected chi connectivity index (χ4v) is 5.69. The van der Waals surface area contributed by atoms with Crippen LogP contribution in [-0.4, -0.2) is 29.0 Å². The predicted octanol–water partition coefficient (Wildman–Crippen LogP) is 5.32. The molecule has 0 radical (unpaired) electrons. The number of nitrogens with zero attached hydrogens (tertiary/aromatic N) is 1. The summed E-state index contributed by atoms with van der Waals surface area (Å²) < 4.78 is 0. The Kier molecular flexibility index (Phi) is 6.38. The van der Waals surface area contributed by atoms with Gasteiger partial charge < -0.3 is 16.0 Å². The minimum absolute atomic E-state index is 0.217. The van der Waals surface area contributed by atoms with E-state index in [0.717, 1.165) is 37.1 Å². The number of rotatable bonds is 6. The highest BCUT2D eigenvalue weighted by molar-refractivity contribution is 5.92. The van der Waals surface area contributed by atoms with Gasteiger partial charge >= 0.3 is 0 Å². The first-order chi connectivity index (χ1) is 15.3. The van der Waals surface area contributed by atoms with E-state index in [1.807, 2.05) is 7.05 Å². The number of nitrogens with one attached hydrogen (secondary N) is 2. The van der Waals surface area contributed by atoms with Gasteiger partial charge in [0.15, 0.2) is 0 Å². The summed E-state index contributed by atoms with van der Waals surface area (Å²) in [6.45, 7) is 8.65. The number of pyridine rings is 1. The number of primary amides is 1. The maximum absolute atomic E-state index is 11.7. The van der Waals surface area contributed by atoms with Gasteiger partial charge in [0, 0.05) is 27.9 Å². The van der Waals surface area contributed by atoms with Gasteiger partial charge in [-0.15, -0.1) is 0 Å². The molecular formula is C27H36N4O. The van der Waals surface area contributed by atoms with Gasteiger partial charge in [-0.1, -0.05) is 19.9 Å². The van der Waals surface area contributed by atoms with Crippen LogP contribution in [0.5, 0.6) is 0 Å². The monoisotopic (exact) mass is 432 g/mol. The Morgan fingerprint density at radius 1 is 1.09 bits per heavy atom. The minimum atomic E-state index is -0.236. The molecule has 4 rings (SSSR count). The zero-order chi connectivity index (χ0) is 23.0. The molecule has 1 aliphatic rings. The number of fused-ring (bicyclic) bond motifs is 1. The topological polar surface area (TPSA) is 83.8 Å². The van der Waals surface area contributed by atoms with Crippen molar-refractivity contribution in [3.05, 3.63) is 52.8 Å². The van der Waals surface area contributed by atoms with Crippen LogP contribution in [0.1, 0.15) is 73.9 Å². The van der Waals surface area contributed by atoms with Crippen molar-refractivity contribution in [3.8, 4) is 11.3 Å². The Bertz CT molecular complexity index is 1100. The van der Waals surface area contributed by atoms with Crippen molar-refractivity contribution in [3.63, 3.8) is 0 Å². The van der Waals surface area contributed by atoms with Gasteiger partial charge in [-0.05, 0) is 99.7 Å². The zero-order valence-electron chi connectivity index (χ0n) is 20.0. The molecule has 2 heterocycles. The number of carbonyl (C=O) groups is 1. The van der Waals surface area contributed by atoms with E-state index < -0.39 is 0 Å². The molecule has 2 aromatic heterocycles. The number of aryl methyl sites for hydroxylation is 2. The van der Waals surface area contributed by atoms with Gasteiger partial charge in [0.05, 0.1) is 11.7 Å². The number of likely N-dealkylation sites (N-methyl/N-ethyl adjacent to an activating group) is 1. The SMILES string of the molecule is CNC(C(N)=O)C1CCC(c2ccc3[nH]c(-c4cc(C)nc(C)c4)c(C(C)C)c3c2)CC1. The van der Waals surface area contributed by atoms with Crippen LogP contribution in [0.2, 0.25) is 0 Å². The maximum Gasteiger partial charge on any atom is 0.234 e. The van der Waals surface area contributed by atoms with E-state index in [4.69, 9.17) is 5.73 Å². The fraction of sp³-hybridized carbons (Fsp3) is 0.481. The molecule has 3 aromatic rings. The Morgan fingerprint density at radius 3 is 2.31 bits per heavy atom. The maximum atomic E-state index is 11.7. The molecule has 1 aliphatic carbocycles. The van der Waals surface area contributed by atoms with Gasteiger partial charge in [-0.25, -0.2) is 0 Å². The van der Waals surface area contributed by atoms with Crippen molar-refractivity contribution in [2.24, 2.45) is 11.7 Å². The predicted molar refractivity (Wildman–Crippen MR) is 132 cm³/mol. The first kappa shape index (κ1) is 22.5. The number of aromatic amines is 1. The Hall–Kier alpha value is -2.66. The van der Waals surface area contributed by atoms with Crippen LogP contribution in [0.15, 0.2) is 30.3 Å².